The summed E-state index contributed by atoms with van der Waals surface area (Å²) < 4.78 is 0. The Bertz CT molecular complexity index is 887. The normalized spacial score (nSPS) is 10.8. The van der Waals surface area contributed by atoms with E-state index in [9.17, 15) is 15.2 Å². The zero-order chi connectivity index (χ0) is 23.7. The Morgan fingerprint density at radius 1 is 0.871 bits per heavy atom. The smallest absolute Gasteiger partial charge is 0.409 e. The second-order valence-corrected chi connectivity index (χ2v) is 8.59. The number of anilines is 2. The SMILES string of the molecule is CB(O)N(CC(C)(C)O)c1ccc(C#N)cc1.CC(C)(O)CNc1ccc(C#N)cc1. The standard InChI is InChI=1S/C12H17BN2O2.C11H14N2O/c1-12(2,16)9-15(13(3)17)11-6-4-10(8-14)5-7-11;1-11(2,14)8-13-10-5-3-9(7-12)4-6-10/h4-7,16-17H,9H2,1-3H3;3-6,13-14H,8H2,1-2H3. The summed E-state index contributed by atoms with van der Waals surface area (Å²) in [5.74, 6) is 0. The first-order chi connectivity index (χ1) is 14.3. The Kier molecular flexibility index (Phi) is 9.55. The lowest BCUT2D eigenvalue weighted by atomic mass is 9.82. The highest BCUT2D eigenvalue weighted by Crippen LogP contribution is 2.19. The van der Waals surface area contributed by atoms with Crippen LogP contribution in [0.2, 0.25) is 6.82 Å². The molecule has 8 heteroatoms. The maximum atomic E-state index is 9.79. The second kappa shape index (κ2) is 11.4. The van der Waals surface area contributed by atoms with Crippen LogP contribution in [0, 0.1) is 22.7 Å². The molecular weight excluding hydrogens is 391 g/mol. The van der Waals surface area contributed by atoms with Gasteiger partial charge in [0, 0.05) is 24.5 Å². The fourth-order valence-corrected chi connectivity index (χ4v) is 2.56. The third-order valence-electron chi connectivity index (χ3n) is 4.08. The first kappa shape index (κ1) is 26.0. The Morgan fingerprint density at radius 3 is 1.68 bits per heavy atom. The predicted octanol–water partition coefficient (Wildman–Crippen LogP) is 2.99. The van der Waals surface area contributed by atoms with Crippen molar-refractivity contribution in [3.8, 4) is 12.1 Å². The van der Waals surface area contributed by atoms with Crippen molar-refractivity contribution in [2.75, 3.05) is 23.2 Å². The average molecular weight is 422 g/mol. The van der Waals surface area contributed by atoms with Crippen LogP contribution in [0.25, 0.3) is 0 Å². The minimum absolute atomic E-state index is 0.316. The molecule has 0 aliphatic heterocycles. The summed E-state index contributed by atoms with van der Waals surface area (Å²) in [6.07, 6.45) is 0. The Labute approximate surface area is 185 Å². The van der Waals surface area contributed by atoms with Gasteiger partial charge in [0.15, 0.2) is 0 Å². The number of rotatable bonds is 7. The molecule has 0 aromatic heterocycles. The number of aliphatic hydroxyl groups is 2. The number of nitriles is 2. The first-order valence-electron chi connectivity index (χ1n) is 9.98. The molecule has 0 saturated heterocycles. The quantitative estimate of drug-likeness (QED) is 0.506. The summed E-state index contributed by atoms with van der Waals surface area (Å²) in [5, 5.41) is 49.3. The fourth-order valence-electron chi connectivity index (χ4n) is 2.56. The lowest BCUT2D eigenvalue weighted by Crippen LogP contribution is -2.46. The van der Waals surface area contributed by atoms with Crippen LogP contribution < -0.4 is 10.1 Å². The summed E-state index contributed by atoms with van der Waals surface area (Å²) >= 11 is 0. The van der Waals surface area contributed by atoms with Gasteiger partial charge in [-0.1, -0.05) is 0 Å². The van der Waals surface area contributed by atoms with E-state index >= 15 is 0 Å². The van der Waals surface area contributed by atoms with Gasteiger partial charge in [-0.25, -0.2) is 0 Å². The van der Waals surface area contributed by atoms with Crippen molar-refractivity contribution in [3.63, 3.8) is 0 Å². The van der Waals surface area contributed by atoms with E-state index in [-0.39, 0.29) is 0 Å². The molecule has 164 valence electrons. The highest BCUT2D eigenvalue weighted by molar-refractivity contribution is 6.53. The second-order valence-electron chi connectivity index (χ2n) is 8.59. The van der Waals surface area contributed by atoms with Gasteiger partial charge in [-0.2, -0.15) is 10.5 Å². The number of hydrogen-bond donors (Lipinski definition) is 4. The van der Waals surface area contributed by atoms with Crippen molar-refractivity contribution in [1.82, 2.24) is 0 Å². The molecule has 4 N–H and O–H groups in total. The Morgan fingerprint density at radius 2 is 1.32 bits per heavy atom. The maximum absolute atomic E-state index is 9.79. The van der Waals surface area contributed by atoms with Crippen LogP contribution in [0.4, 0.5) is 11.4 Å². The lowest BCUT2D eigenvalue weighted by molar-refractivity contribution is 0.0900. The summed E-state index contributed by atoms with van der Waals surface area (Å²) in [4.78, 5) is 1.68. The number of benzene rings is 2. The van der Waals surface area contributed by atoms with Gasteiger partial charge in [-0.05, 0) is 83.0 Å². The third kappa shape index (κ3) is 10.5. The van der Waals surface area contributed by atoms with Gasteiger partial charge in [0.25, 0.3) is 0 Å². The van der Waals surface area contributed by atoms with E-state index in [0.717, 1.165) is 11.4 Å². The van der Waals surface area contributed by atoms with Gasteiger partial charge in [0.05, 0.1) is 34.5 Å². The molecule has 0 bridgehead atoms. The Hall–Kier alpha value is -3.04. The zero-order valence-electron chi connectivity index (χ0n) is 18.8. The lowest BCUT2D eigenvalue weighted by Gasteiger charge is -2.31. The molecular formula is C23H31BN4O3. The van der Waals surface area contributed by atoms with Gasteiger partial charge in [0.1, 0.15) is 0 Å². The minimum Gasteiger partial charge on any atom is -0.432 e. The topological polar surface area (TPSA) is 124 Å². The van der Waals surface area contributed by atoms with E-state index in [0.29, 0.717) is 24.2 Å². The molecule has 0 amide bonds. The highest BCUT2D eigenvalue weighted by atomic mass is 16.3. The number of nitrogens with one attached hydrogen (secondary N) is 1. The average Bonchev–Trinajstić information content (AvgIpc) is 2.70. The van der Waals surface area contributed by atoms with Crippen LogP contribution in [0.15, 0.2) is 48.5 Å². The van der Waals surface area contributed by atoms with Crippen molar-refractivity contribution in [3.05, 3.63) is 59.7 Å². The van der Waals surface area contributed by atoms with Crippen LogP contribution in [-0.4, -0.2) is 46.6 Å². The van der Waals surface area contributed by atoms with Gasteiger partial charge < -0.3 is 25.4 Å². The van der Waals surface area contributed by atoms with Gasteiger partial charge in [0.2, 0.25) is 0 Å². The highest BCUT2D eigenvalue weighted by Gasteiger charge is 2.24. The summed E-state index contributed by atoms with van der Waals surface area (Å²) in [6, 6.07) is 18.1. The van der Waals surface area contributed by atoms with E-state index in [4.69, 9.17) is 10.5 Å². The van der Waals surface area contributed by atoms with Crippen LogP contribution in [0.1, 0.15) is 38.8 Å². The van der Waals surface area contributed by atoms with Crippen LogP contribution in [0.5, 0.6) is 0 Å². The van der Waals surface area contributed by atoms with Crippen molar-refractivity contribution >= 4 is 18.4 Å². The molecule has 2 aromatic rings. The van der Waals surface area contributed by atoms with Crippen molar-refractivity contribution in [2.24, 2.45) is 0 Å². The van der Waals surface area contributed by atoms with Crippen LogP contribution >= 0.6 is 0 Å². The molecule has 0 radical (unpaired) electrons. The van der Waals surface area contributed by atoms with E-state index in [1.807, 2.05) is 24.3 Å². The van der Waals surface area contributed by atoms with Crippen molar-refractivity contribution < 1.29 is 15.2 Å². The van der Waals surface area contributed by atoms with E-state index < -0.39 is 18.3 Å². The predicted molar refractivity (Wildman–Crippen MR) is 125 cm³/mol. The van der Waals surface area contributed by atoms with Gasteiger partial charge >= 0.3 is 7.05 Å². The molecule has 0 saturated carbocycles. The van der Waals surface area contributed by atoms with Crippen molar-refractivity contribution in [2.45, 2.75) is 45.7 Å². The van der Waals surface area contributed by atoms with E-state index in [1.165, 1.54) is 0 Å². The molecule has 0 heterocycles. The van der Waals surface area contributed by atoms with Gasteiger partial charge in [-0.3, -0.25) is 0 Å². The molecule has 0 aliphatic rings. The third-order valence-corrected chi connectivity index (χ3v) is 4.08. The molecule has 31 heavy (non-hydrogen) atoms. The summed E-state index contributed by atoms with van der Waals surface area (Å²) in [7, 11) is -0.700. The van der Waals surface area contributed by atoms with Crippen LogP contribution in [0.3, 0.4) is 0 Å². The molecule has 0 fully saturated rings. The molecule has 2 aromatic carbocycles. The molecule has 0 unspecified atom stereocenters. The molecule has 0 atom stereocenters. The fraction of sp³-hybridized carbons (Fsp3) is 0.391. The number of hydrogen-bond acceptors (Lipinski definition) is 7. The molecule has 7 nitrogen and oxygen atoms in total. The minimum atomic E-state index is -0.898. The van der Waals surface area contributed by atoms with E-state index in [1.54, 1.807) is 75.7 Å². The molecule has 2 rings (SSSR count). The molecule has 0 spiro atoms. The van der Waals surface area contributed by atoms with Gasteiger partial charge in [-0.15, -0.1) is 0 Å². The summed E-state index contributed by atoms with van der Waals surface area (Å²) in [5.41, 5.74) is 1.27. The number of nitrogens with zero attached hydrogens (tertiary/aromatic N) is 3. The maximum Gasteiger partial charge on any atom is 0.409 e. The monoisotopic (exact) mass is 422 g/mol. The van der Waals surface area contributed by atoms with E-state index in [2.05, 4.69) is 5.32 Å². The van der Waals surface area contributed by atoms with Crippen molar-refractivity contribution in [1.29, 1.82) is 10.5 Å². The summed E-state index contributed by atoms with van der Waals surface area (Å²) in [6.45, 7) is 9.30. The first-order valence-corrected chi connectivity index (χ1v) is 9.98. The zero-order valence-corrected chi connectivity index (χ0v) is 18.8. The largest absolute Gasteiger partial charge is 0.432 e. The van der Waals surface area contributed by atoms with Crippen LogP contribution in [-0.2, 0) is 0 Å². The Balaban J connectivity index is 0.000000316. The molecule has 0 aliphatic carbocycles.